The molecule has 0 fully saturated rings. The molecular formula is C24H27NO3. The number of methoxy groups -OCH3 is 3. The lowest BCUT2D eigenvalue weighted by Crippen LogP contribution is -2.14. The third-order valence-electron chi connectivity index (χ3n) is 4.64. The first-order valence-electron chi connectivity index (χ1n) is 9.33. The van der Waals surface area contributed by atoms with Crippen molar-refractivity contribution in [2.45, 2.75) is 19.7 Å². The number of hydrogen-bond donors (Lipinski definition) is 1. The van der Waals surface area contributed by atoms with Crippen molar-refractivity contribution >= 4 is 0 Å². The van der Waals surface area contributed by atoms with E-state index in [-0.39, 0.29) is 0 Å². The number of hydrogen-bond acceptors (Lipinski definition) is 4. The van der Waals surface area contributed by atoms with Crippen molar-refractivity contribution in [1.29, 1.82) is 0 Å². The largest absolute Gasteiger partial charge is 0.493 e. The minimum Gasteiger partial charge on any atom is -0.493 e. The van der Waals surface area contributed by atoms with Crippen LogP contribution >= 0.6 is 0 Å². The molecule has 4 nitrogen and oxygen atoms in total. The van der Waals surface area contributed by atoms with Crippen molar-refractivity contribution < 1.29 is 14.2 Å². The molecule has 0 saturated heterocycles. The molecule has 0 aliphatic carbocycles. The van der Waals surface area contributed by atoms with Crippen LogP contribution in [0.5, 0.6) is 11.5 Å². The van der Waals surface area contributed by atoms with E-state index in [1.165, 1.54) is 11.1 Å². The highest BCUT2D eigenvalue weighted by molar-refractivity contribution is 5.71. The van der Waals surface area contributed by atoms with Crippen molar-refractivity contribution in [2.24, 2.45) is 0 Å². The molecule has 0 radical (unpaired) electrons. The first-order valence-corrected chi connectivity index (χ1v) is 9.33. The van der Waals surface area contributed by atoms with Crippen molar-refractivity contribution in [3.05, 3.63) is 83.4 Å². The maximum atomic E-state index is 5.51. The molecule has 0 heterocycles. The minimum absolute atomic E-state index is 0.627. The first-order chi connectivity index (χ1) is 13.7. The van der Waals surface area contributed by atoms with Gasteiger partial charge in [0, 0.05) is 20.2 Å². The predicted molar refractivity (Wildman–Crippen MR) is 113 cm³/mol. The highest BCUT2D eigenvalue weighted by atomic mass is 16.5. The summed E-state index contributed by atoms with van der Waals surface area (Å²) in [4.78, 5) is 0. The van der Waals surface area contributed by atoms with Crippen molar-refractivity contribution in [1.82, 2.24) is 5.32 Å². The summed E-state index contributed by atoms with van der Waals surface area (Å²) in [7, 11) is 5.04. The van der Waals surface area contributed by atoms with Gasteiger partial charge in [-0.25, -0.2) is 0 Å². The zero-order valence-corrected chi connectivity index (χ0v) is 16.7. The van der Waals surface area contributed by atoms with Gasteiger partial charge in [0.15, 0.2) is 11.5 Å². The zero-order valence-electron chi connectivity index (χ0n) is 16.7. The summed E-state index contributed by atoms with van der Waals surface area (Å²) < 4.78 is 16.2. The van der Waals surface area contributed by atoms with Crippen molar-refractivity contribution in [3.63, 3.8) is 0 Å². The van der Waals surface area contributed by atoms with Crippen molar-refractivity contribution in [2.75, 3.05) is 21.3 Å². The van der Waals surface area contributed by atoms with Gasteiger partial charge in [-0.2, -0.15) is 0 Å². The van der Waals surface area contributed by atoms with Crippen LogP contribution in [-0.4, -0.2) is 21.3 Å². The highest BCUT2D eigenvalue weighted by Crippen LogP contribution is 2.35. The van der Waals surface area contributed by atoms with Crippen LogP contribution in [0.3, 0.4) is 0 Å². The smallest absolute Gasteiger partial charge is 0.161 e. The Labute approximate surface area is 167 Å². The summed E-state index contributed by atoms with van der Waals surface area (Å²) in [5, 5.41) is 3.55. The predicted octanol–water partition coefficient (Wildman–Crippen LogP) is 4.81. The number of rotatable bonds is 9. The number of ether oxygens (including phenoxy) is 3. The van der Waals surface area contributed by atoms with E-state index in [1.807, 2.05) is 24.3 Å². The standard InChI is InChI=1S/C24H27NO3/c1-26-17-19-9-7-8-18(12-19)15-25-16-21-13-23(27-2)24(28-3)14-22(21)20-10-5-4-6-11-20/h4-14,25H,15-17H2,1-3H3. The lowest BCUT2D eigenvalue weighted by atomic mass is 9.98. The highest BCUT2D eigenvalue weighted by Gasteiger charge is 2.12. The average Bonchev–Trinajstić information content (AvgIpc) is 2.74. The van der Waals surface area contributed by atoms with Gasteiger partial charge in [0.1, 0.15) is 0 Å². The van der Waals surface area contributed by atoms with E-state index in [4.69, 9.17) is 14.2 Å². The Morgan fingerprint density at radius 2 is 1.43 bits per heavy atom. The third kappa shape index (κ3) is 4.91. The summed E-state index contributed by atoms with van der Waals surface area (Å²) >= 11 is 0. The van der Waals surface area contributed by atoms with Gasteiger partial charge >= 0.3 is 0 Å². The van der Waals surface area contributed by atoms with Crippen LogP contribution in [-0.2, 0) is 24.4 Å². The Balaban J connectivity index is 1.81. The molecular weight excluding hydrogens is 350 g/mol. The Bertz CT molecular complexity index is 894. The molecule has 0 unspecified atom stereocenters. The molecule has 0 atom stereocenters. The van der Waals surface area contributed by atoms with Crippen LogP contribution in [0.4, 0.5) is 0 Å². The molecule has 0 aliphatic heterocycles. The first kappa shape index (κ1) is 19.9. The van der Waals surface area contributed by atoms with Crippen LogP contribution in [0.2, 0.25) is 0 Å². The van der Waals surface area contributed by atoms with Gasteiger partial charge in [0.05, 0.1) is 20.8 Å². The molecule has 1 N–H and O–H groups in total. The minimum atomic E-state index is 0.627. The Morgan fingerprint density at radius 1 is 0.714 bits per heavy atom. The topological polar surface area (TPSA) is 39.7 Å². The van der Waals surface area contributed by atoms with Crippen LogP contribution in [0.1, 0.15) is 16.7 Å². The van der Waals surface area contributed by atoms with Gasteiger partial charge in [-0.15, -0.1) is 0 Å². The monoisotopic (exact) mass is 377 g/mol. The number of benzene rings is 3. The van der Waals surface area contributed by atoms with Crippen LogP contribution in [0.25, 0.3) is 11.1 Å². The lowest BCUT2D eigenvalue weighted by Gasteiger charge is -2.16. The van der Waals surface area contributed by atoms with Crippen LogP contribution in [0, 0.1) is 0 Å². The zero-order chi connectivity index (χ0) is 19.8. The summed E-state index contributed by atoms with van der Waals surface area (Å²) in [5.74, 6) is 1.47. The Morgan fingerprint density at radius 3 is 2.14 bits per heavy atom. The fourth-order valence-corrected chi connectivity index (χ4v) is 3.29. The average molecular weight is 377 g/mol. The quantitative estimate of drug-likeness (QED) is 0.581. The molecule has 0 aromatic heterocycles. The summed E-state index contributed by atoms with van der Waals surface area (Å²) in [5.41, 5.74) is 5.87. The molecule has 0 amide bonds. The van der Waals surface area contributed by atoms with E-state index in [0.717, 1.165) is 41.3 Å². The van der Waals surface area contributed by atoms with Gasteiger partial charge in [0.2, 0.25) is 0 Å². The summed E-state index contributed by atoms with van der Waals surface area (Å²) in [6.45, 7) is 2.13. The Kier molecular flexibility index (Phi) is 7.06. The lowest BCUT2D eigenvalue weighted by molar-refractivity contribution is 0.185. The van der Waals surface area contributed by atoms with E-state index < -0.39 is 0 Å². The van der Waals surface area contributed by atoms with E-state index in [9.17, 15) is 0 Å². The molecule has 0 aliphatic rings. The normalized spacial score (nSPS) is 10.7. The van der Waals surface area contributed by atoms with E-state index >= 15 is 0 Å². The molecule has 28 heavy (non-hydrogen) atoms. The second-order valence-electron chi connectivity index (χ2n) is 6.59. The van der Waals surface area contributed by atoms with Gasteiger partial charge in [-0.1, -0.05) is 54.6 Å². The van der Waals surface area contributed by atoms with Gasteiger partial charge in [-0.3, -0.25) is 0 Å². The SMILES string of the molecule is COCc1cccc(CNCc2cc(OC)c(OC)cc2-c2ccccc2)c1. The van der Waals surface area contributed by atoms with Gasteiger partial charge < -0.3 is 19.5 Å². The second kappa shape index (κ2) is 9.93. The molecule has 0 bridgehead atoms. The molecule has 3 aromatic rings. The van der Waals surface area contributed by atoms with E-state index in [0.29, 0.717) is 6.61 Å². The molecule has 146 valence electrons. The van der Waals surface area contributed by atoms with Crippen molar-refractivity contribution in [3.8, 4) is 22.6 Å². The fraction of sp³-hybridized carbons (Fsp3) is 0.250. The summed E-state index contributed by atoms with van der Waals surface area (Å²) in [6.07, 6.45) is 0. The van der Waals surface area contributed by atoms with Crippen LogP contribution < -0.4 is 14.8 Å². The molecule has 3 aromatic carbocycles. The molecule has 4 heteroatoms. The molecule has 0 saturated carbocycles. The van der Waals surface area contributed by atoms with E-state index in [2.05, 4.69) is 47.8 Å². The third-order valence-corrected chi connectivity index (χ3v) is 4.64. The summed E-state index contributed by atoms with van der Waals surface area (Å²) in [6, 6.07) is 22.9. The maximum absolute atomic E-state index is 5.51. The van der Waals surface area contributed by atoms with E-state index in [1.54, 1.807) is 21.3 Å². The number of nitrogens with one attached hydrogen (secondary N) is 1. The van der Waals surface area contributed by atoms with Crippen LogP contribution in [0.15, 0.2) is 66.7 Å². The van der Waals surface area contributed by atoms with Gasteiger partial charge in [0.25, 0.3) is 0 Å². The second-order valence-corrected chi connectivity index (χ2v) is 6.59. The maximum Gasteiger partial charge on any atom is 0.161 e. The Hall–Kier alpha value is -2.82. The molecule has 0 spiro atoms. The van der Waals surface area contributed by atoms with Gasteiger partial charge in [-0.05, 0) is 39.9 Å². The molecule has 3 rings (SSSR count). The fourth-order valence-electron chi connectivity index (χ4n) is 3.29.